The van der Waals surface area contributed by atoms with Crippen molar-refractivity contribution in [1.29, 1.82) is 0 Å². The number of nitrogens with one attached hydrogen (secondary N) is 1. The lowest BCUT2D eigenvalue weighted by Gasteiger charge is -2.32. The van der Waals surface area contributed by atoms with E-state index in [1.54, 1.807) is 23.1 Å². The Morgan fingerprint density at radius 3 is 2.41 bits per heavy atom. The van der Waals surface area contributed by atoms with Crippen molar-refractivity contribution in [1.82, 2.24) is 10.2 Å². The van der Waals surface area contributed by atoms with Gasteiger partial charge in [0, 0.05) is 35.5 Å². The lowest BCUT2D eigenvalue weighted by molar-refractivity contribution is -0.141. The molecule has 3 aromatic rings. The maximum atomic E-state index is 13.9. The minimum Gasteiger partial charge on any atom is -0.486 e. The average Bonchev–Trinajstić information content (AvgIpc) is 2.94. The van der Waals surface area contributed by atoms with E-state index in [0.717, 1.165) is 23.1 Å². The molecule has 0 spiro atoms. The first-order valence-electron chi connectivity index (χ1n) is 13.3. The number of aryl methyl sites for hydroxylation is 1. The van der Waals surface area contributed by atoms with Gasteiger partial charge in [0.15, 0.2) is 11.5 Å². The topological polar surface area (TPSA) is 67.9 Å². The summed E-state index contributed by atoms with van der Waals surface area (Å²) in [5.74, 6) is 1.06. The van der Waals surface area contributed by atoms with E-state index in [4.69, 9.17) is 32.7 Å². The van der Waals surface area contributed by atoms with Gasteiger partial charge in [-0.25, -0.2) is 0 Å². The van der Waals surface area contributed by atoms with Gasteiger partial charge in [-0.05, 0) is 60.7 Å². The highest BCUT2D eigenvalue weighted by Crippen LogP contribution is 2.31. The monoisotopic (exact) mass is 568 g/mol. The van der Waals surface area contributed by atoms with E-state index >= 15 is 0 Å². The Balaban J connectivity index is 1.62. The Morgan fingerprint density at radius 2 is 1.69 bits per heavy atom. The molecule has 0 unspecified atom stereocenters. The molecule has 6 nitrogen and oxygen atoms in total. The predicted molar refractivity (Wildman–Crippen MR) is 155 cm³/mol. The second kappa shape index (κ2) is 13.7. The second-order valence-corrected chi connectivity index (χ2v) is 10.6. The number of carbonyl (C=O) groups is 2. The van der Waals surface area contributed by atoms with Crippen molar-refractivity contribution in [2.75, 3.05) is 13.2 Å². The molecule has 2 amide bonds. The van der Waals surface area contributed by atoms with Crippen molar-refractivity contribution in [2.45, 2.75) is 58.2 Å². The molecule has 0 saturated heterocycles. The van der Waals surface area contributed by atoms with E-state index in [1.807, 2.05) is 62.4 Å². The largest absolute Gasteiger partial charge is 0.486 e. The molecule has 0 aromatic heterocycles. The average molecular weight is 570 g/mol. The van der Waals surface area contributed by atoms with Crippen molar-refractivity contribution < 1.29 is 19.1 Å². The summed E-state index contributed by atoms with van der Waals surface area (Å²) < 4.78 is 11.3. The molecule has 8 heteroatoms. The zero-order valence-corrected chi connectivity index (χ0v) is 23.8. The molecule has 1 N–H and O–H groups in total. The highest BCUT2D eigenvalue weighted by molar-refractivity contribution is 6.35. The van der Waals surface area contributed by atoms with E-state index in [1.165, 1.54) is 0 Å². The number of fused-ring (bicyclic) bond motifs is 1. The summed E-state index contributed by atoms with van der Waals surface area (Å²) in [6.45, 7) is 5.18. The predicted octanol–water partition coefficient (Wildman–Crippen LogP) is 6.25. The quantitative estimate of drug-likeness (QED) is 0.297. The van der Waals surface area contributed by atoms with E-state index in [-0.39, 0.29) is 30.8 Å². The van der Waals surface area contributed by atoms with Crippen molar-refractivity contribution in [2.24, 2.45) is 0 Å². The fourth-order valence-corrected chi connectivity index (χ4v) is 4.93. The third-order valence-electron chi connectivity index (χ3n) is 6.86. The Bertz CT molecular complexity index is 1280. The van der Waals surface area contributed by atoms with Gasteiger partial charge in [0.05, 0.1) is 0 Å². The lowest BCUT2D eigenvalue weighted by Crippen LogP contribution is -2.52. The normalized spacial score (nSPS) is 13.8. The molecule has 1 heterocycles. The number of ether oxygens (including phenoxy) is 2. The lowest BCUT2D eigenvalue weighted by atomic mass is 10.0. The van der Waals surface area contributed by atoms with Crippen molar-refractivity contribution in [3.8, 4) is 11.5 Å². The molecule has 2 atom stereocenters. The maximum absolute atomic E-state index is 13.9. The maximum Gasteiger partial charge on any atom is 0.243 e. The number of hydrogen-bond acceptors (Lipinski definition) is 4. The molecule has 0 bridgehead atoms. The van der Waals surface area contributed by atoms with Gasteiger partial charge in [-0.1, -0.05) is 72.6 Å². The molecule has 1 aliphatic heterocycles. The molecule has 0 saturated carbocycles. The third kappa shape index (κ3) is 7.90. The fourth-order valence-electron chi connectivity index (χ4n) is 4.47. The van der Waals surface area contributed by atoms with E-state index in [2.05, 4.69) is 5.32 Å². The molecule has 206 valence electrons. The molecule has 1 aliphatic rings. The molecule has 0 radical (unpaired) electrons. The SMILES string of the molecule is CC[C@H](C)NC(=O)[C@@H](Cc1ccccc1)N(Cc1ccc(Cl)cc1Cl)C(=O)CCc1ccc2c(c1)OCCO2. The van der Waals surface area contributed by atoms with Crippen LogP contribution in [0.15, 0.2) is 66.7 Å². The van der Waals surface area contributed by atoms with Gasteiger partial charge >= 0.3 is 0 Å². The molecule has 39 heavy (non-hydrogen) atoms. The van der Waals surface area contributed by atoms with Crippen LogP contribution in [0.25, 0.3) is 0 Å². The first-order valence-corrected chi connectivity index (χ1v) is 14.1. The van der Waals surface area contributed by atoms with Crippen LogP contribution in [0.4, 0.5) is 0 Å². The summed E-state index contributed by atoms with van der Waals surface area (Å²) in [6.07, 6.45) is 1.87. The standard InChI is InChI=1S/C31H34Cl2N2O4/c1-3-21(2)34-31(37)27(17-22-7-5-4-6-8-22)35(20-24-11-12-25(32)19-26(24)33)30(36)14-10-23-9-13-28-29(18-23)39-16-15-38-28/h4-9,11-13,18-19,21,27H,3,10,14-17,20H2,1-2H3,(H,34,37)/t21-,27+/m0/s1. The van der Waals surface area contributed by atoms with Crippen molar-refractivity contribution in [3.05, 3.63) is 93.5 Å². The Labute approximate surface area is 240 Å². The number of hydrogen-bond donors (Lipinski definition) is 1. The number of carbonyl (C=O) groups excluding carboxylic acids is 2. The molecular weight excluding hydrogens is 535 g/mol. The first-order chi connectivity index (χ1) is 18.8. The number of nitrogens with zero attached hydrogens (tertiary/aromatic N) is 1. The molecule has 4 rings (SSSR count). The summed E-state index contributed by atoms with van der Waals surface area (Å²) in [5, 5.41) is 4.05. The molecular formula is C31H34Cl2N2O4. The number of benzene rings is 3. The van der Waals surface area contributed by atoms with Gasteiger partial charge in [-0.3, -0.25) is 9.59 Å². The highest BCUT2D eigenvalue weighted by atomic mass is 35.5. The Kier molecular flexibility index (Phi) is 10.1. The van der Waals surface area contributed by atoms with E-state index < -0.39 is 6.04 Å². The Hall–Kier alpha value is -3.22. The second-order valence-electron chi connectivity index (χ2n) is 9.76. The number of halogens is 2. The van der Waals surface area contributed by atoms with Crippen LogP contribution in [-0.4, -0.2) is 42.0 Å². The summed E-state index contributed by atoms with van der Waals surface area (Å²) in [6, 6.07) is 19.9. The smallest absolute Gasteiger partial charge is 0.243 e. The summed E-state index contributed by atoms with van der Waals surface area (Å²) in [4.78, 5) is 29.2. The van der Waals surface area contributed by atoms with Gasteiger partial charge < -0.3 is 19.7 Å². The molecule has 3 aromatic carbocycles. The third-order valence-corrected chi connectivity index (χ3v) is 7.45. The molecule has 0 fully saturated rings. The number of rotatable bonds is 11. The fraction of sp³-hybridized carbons (Fsp3) is 0.355. The summed E-state index contributed by atoms with van der Waals surface area (Å²) in [7, 11) is 0. The molecule has 0 aliphatic carbocycles. The highest BCUT2D eigenvalue weighted by Gasteiger charge is 2.31. The number of amides is 2. The zero-order valence-electron chi connectivity index (χ0n) is 22.3. The van der Waals surface area contributed by atoms with E-state index in [9.17, 15) is 9.59 Å². The summed E-state index contributed by atoms with van der Waals surface area (Å²) >= 11 is 12.7. The first kappa shape index (κ1) is 28.8. The van der Waals surface area contributed by atoms with Crippen LogP contribution in [-0.2, 0) is 29.0 Å². The zero-order chi connectivity index (χ0) is 27.8. The van der Waals surface area contributed by atoms with E-state index in [0.29, 0.717) is 47.6 Å². The minimum absolute atomic E-state index is 0.0236. The van der Waals surface area contributed by atoms with Crippen LogP contribution >= 0.6 is 23.2 Å². The van der Waals surface area contributed by atoms with Crippen LogP contribution in [0.1, 0.15) is 43.4 Å². The van der Waals surface area contributed by atoms with Crippen molar-refractivity contribution >= 4 is 35.0 Å². The van der Waals surface area contributed by atoms with Gasteiger partial charge in [-0.2, -0.15) is 0 Å². The van der Waals surface area contributed by atoms with Crippen LogP contribution in [0.3, 0.4) is 0 Å². The van der Waals surface area contributed by atoms with Crippen LogP contribution in [0.5, 0.6) is 11.5 Å². The van der Waals surface area contributed by atoms with Gasteiger partial charge in [0.25, 0.3) is 0 Å². The van der Waals surface area contributed by atoms with Crippen LogP contribution in [0.2, 0.25) is 10.0 Å². The van der Waals surface area contributed by atoms with Gasteiger partial charge in [0.1, 0.15) is 19.3 Å². The van der Waals surface area contributed by atoms with Crippen LogP contribution < -0.4 is 14.8 Å². The van der Waals surface area contributed by atoms with Crippen molar-refractivity contribution in [3.63, 3.8) is 0 Å². The van der Waals surface area contributed by atoms with Crippen LogP contribution in [0, 0.1) is 0 Å². The van der Waals surface area contributed by atoms with Gasteiger partial charge in [-0.15, -0.1) is 0 Å². The summed E-state index contributed by atoms with van der Waals surface area (Å²) in [5.41, 5.74) is 2.65. The minimum atomic E-state index is -0.721. The van der Waals surface area contributed by atoms with Gasteiger partial charge in [0.2, 0.25) is 11.8 Å². The Morgan fingerprint density at radius 1 is 0.949 bits per heavy atom.